The fraction of sp³-hybridized carbons (Fsp3) is 0.130. The number of hydrogen-bond acceptors (Lipinski definition) is 5. The number of carbonyl (C=O) groups excluding carboxylic acids is 1. The molecule has 0 saturated heterocycles. The van der Waals surface area contributed by atoms with Gasteiger partial charge in [0.05, 0.1) is 11.2 Å². The van der Waals surface area contributed by atoms with Crippen molar-refractivity contribution in [2.45, 2.75) is 6.54 Å². The van der Waals surface area contributed by atoms with E-state index in [1.807, 2.05) is 0 Å². The van der Waals surface area contributed by atoms with Crippen LogP contribution in [-0.4, -0.2) is 24.1 Å². The normalized spacial score (nSPS) is 12.6. The molecule has 0 unspecified atom stereocenters. The van der Waals surface area contributed by atoms with Crippen LogP contribution in [0.4, 0.5) is 4.39 Å². The third-order valence-corrected chi connectivity index (χ3v) is 4.65. The molecule has 4 rings (SSSR count). The molecular formula is C23H18ClFN2O4. The zero-order valence-corrected chi connectivity index (χ0v) is 17.1. The van der Waals surface area contributed by atoms with Gasteiger partial charge in [-0.3, -0.25) is 9.78 Å². The number of fused-ring (bicyclic) bond motifs is 1. The van der Waals surface area contributed by atoms with Gasteiger partial charge in [0.15, 0.2) is 23.1 Å². The van der Waals surface area contributed by atoms with Crippen LogP contribution in [0.5, 0.6) is 23.0 Å². The molecule has 2 heterocycles. The first kappa shape index (κ1) is 20.7. The topological polar surface area (TPSA) is 69.7 Å². The molecule has 2 aromatic carbocycles. The Morgan fingerprint density at radius 1 is 1.23 bits per heavy atom. The summed E-state index contributed by atoms with van der Waals surface area (Å²) in [4.78, 5) is 16.1. The number of benzene rings is 2. The lowest BCUT2D eigenvalue weighted by atomic mass is 10.1. The van der Waals surface area contributed by atoms with Gasteiger partial charge >= 0.3 is 0 Å². The molecule has 31 heavy (non-hydrogen) atoms. The third-order valence-electron chi connectivity index (χ3n) is 4.37. The molecule has 0 bridgehead atoms. The van der Waals surface area contributed by atoms with Crippen LogP contribution >= 0.6 is 11.6 Å². The van der Waals surface area contributed by atoms with Crippen molar-refractivity contribution < 1.29 is 23.4 Å². The second-order valence-electron chi connectivity index (χ2n) is 6.63. The lowest BCUT2D eigenvalue weighted by molar-refractivity contribution is -0.116. The number of amides is 1. The Kier molecular flexibility index (Phi) is 6.33. The number of nitrogens with zero attached hydrogens (tertiary/aromatic N) is 1. The van der Waals surface area contributed by atoms with Gasteiger partial charge in [-0.25, -0.2) is 4.39 Å². The Morgan fingerprint density at radius 2 is 2.10 bits per heavy atom. The van der Waals surface area contributed by atoms with E-state index < -0.39 is 5.82 Å². The lowest BCUT2D eigenvalue weighted by Gasteiger charge is -2.19. The highest BCUT2D eigenvalue weighted by Crippen LogP contribution is 2.38. The van der Waals surface area contributed by atoms with Crippen LogP contribution in [-0.2, 0) is 11.3 Å². The zero-order chi connectivity index (χ0) is 21.6. The molecular weight excluding hydrogens is 423 g/mol. The number of hydrogen-bond donors (Lipinski definition) is 1. The first-order valence-electron chi connectivity index (χ1n) is 9.50. The van der Waals surface area contributed by atoms with Crippen molar-refractivity contribution in [3.05, 3.63) is 82.9 Å². The maximum atomic E-state index is 14.3. The maximum Gasteiger partial charge on any atom is 0.244 e. The fourth-order valence-electron chi connectivity index (χ4n) is 2.92. The van der Waals surface area contributed by atoms with Crippen molar-refractivity contribution >= 4 is 23.6 Å². The number of rotatable bonds is 6. The van der Waals surface area contributed by atoms with E-state index >= 15 is 0 Å². The van der Waals surface area contributed by atoms with Gasteiger partial charge in [0, 0.05) is 18.8 Å². The van der Waals surface area contributed by atoms with Crippen molar-refractivity contribution in [1.29, 1.82) is 0 Å². The zero-order valence-electron chi connectivity index (χ0n) is 16.3. The summed E-state index contributed by atoms with van der Waals surface area (Å²) in [6.45, 7) is 1.05. The van der Waals surface area contributed by atoms with Crippen LogP contribution in [0.3, 0.4) is 0 Å². The minimum Gasteiger partial charge on any atom is -0.486 e. The number of halogens is 2. The van der Waals surface area contributed by atoms with E-state index in [-0.39, 0.29) is 18.2 Å². The molecule has 1 amide bonds. The number of aromatic nitrogens is 1. The smallest absolute Gasteiger partial charge is 0.244 e. The van der Waals surface area contributed by atoms with Crippen molar-refractivity contribution in [1.82, 2.24) is 10.3 Å². The molecule has 1 aliphatic heterocycles. The van der Waals surface area contributed by atoms with Crippen LogP contribution in [0.2, 0.25) is 5.02 Å². The van der Waals surface area contributed by atoms with E-state index in [0.717, 1.165) is 0 Å². The second kappa shape index (κ2) is 9.49. The van der Waals surface area contributed by atoms with Gasteiger partial charge in [0.2, 0.25) is 5.91 Å². The highest BCUT2D eigenvalue weighted by Gasteiger charge is 2.16. The van der Waals surface area contributed by atoms with Crippen LogP contribution < -0.4 is 19.5 Å². The molecule has 0 spiro atoms. The van der Waals surface area contributed by atoms with Gasteiger partial charge < -0.3 is 19.5 Å². The fourth-order valence-corrected chi connectivity index (χ4v) is 3.19. The second-order valence-corrected chi connectivity index (χ2v) is 7.04. The third kappa shape index (κ3) is 5.32. The van der Waals surface area contributed by atoms with E-state index in [2.05, 4.69) is 10.3 Å². The largest absolute Gasteiger partial charge is 0.486 e. The number of pyridine rings is 1. The minimum atomic E-state index is -0.530. The maximum absolute atomic E-state index is 14.3. The predicted molar refractivity (Wildman–Crippen MR) is 114 cm³/mol. The summed E-state index contributed by atoms with van der Waals surface area (Å²) in [5, 5.41) is 3.13. The number of carbonyl (C=O) groups is 1. The quantitative estimate of drug-likeness (QED) is 0.559. The van der Waals surface area contributed by atoms with E-state index in [1.54, 1.807) is 42.6 Å². The first-order valence-corrected chi connectivity index (χ1v) is 9.87. The molecule has 1 aliphatic rings. The van der Waals surface area contributed by atoms with Crippen LogP contribution in [0, 0.1) is 5.82 Å². The molecule has 0 fully saturated rings. The van der Waals surface area contributed by atoms with Crippen LogP contribution in [0.1, 0.15) is 11.1 Å². The molecule has 158 valence electrons. The van der Waals surface area contributed by atoms with Gasteiger partial charge in [0.25, 0.3) is 0 Å². The Balaban J connectivity index is 1.34. The van der Waals surface area contributed by atoms with Crippen molar-refractivity contribution in [2.24, 2.45) is 0 Å². The highest BCUT2D eigenvalue weighted by atomic mass is 35.5. The van der Waals surface area contributed by atoms with Crippen molar-refractivity contribution in [2.75, 3.05) is 13.2 Å². The summed E-state index contributed by atoms with van der Waals surface area (Å²) < 4.78 is 30.8. The summed E-state index contributed by atoms with van der Waals surface area (Å²) in [6, 6.07) is 11.3. The van der Waals surface area contributed by atoms with E-state index in [0.29, 0.717) is 46.6 Å². The highest BCUT2D eigenvalue weighted by molar-refractivity contribution is 6.32. The number of nitrogens with one attached hydrogen (secondary N) is 1. The van der Waals surface area contributed by atoms with E-state index in [9.17, 15) is 9.18 Å². The first-order chi connectivity index (χ1) is 15.1. The Bertz CT molecular complexity index is 1120. The van der Waals surface area contributed by atoms with Gasteiger partial charge in [-0.1, -0.05) is 17.7 Å². The lowest BCUT2D eigenvalue weighted by Crippen LogP contribution is -2.20. The predicted octanol–water partition coefficient (Wildman–Crippen LogP) is 4.77. The SMILES string of the molecule is O=C(/C=C/c1cc(Cl)c2c(c1)OCCO2)NCc1ccc(Oc2cccnc2)c(F)c1. The van der Waals surface area contributed by atoms with E-state index in [1.165, 1.54) is 24.4 Å². The standard InChI is InChI=1S/C23H18ClFN2O4/c24-18-10-15(12-21-23(18)30-9-8-29-21)4-6-22(28)27-13-16-3-5-20(19(25)11-16)31-17-2-1-7-26-14-17/h1-7,10-12,14H,8-9,13H2,(H,27,28)/b6-4+. The monoisotopic (exact) mass is 440 g/mol. The van der Waals surface area contributed by atoms with Crippen LogP contribution in [0.25, 0.3) is 6.08 Å². The minimum absolute atomic E-state index is 0.0819. The molecule has 0 radical (unpaired) electrons. The Hall–Kier alpha value is -3.58. The molecule has 0 saturated carbocycles. The molecule has 1 aromatic heterocycles. The summed E-state index contributed by atoms with van der Waals surface area (Å²) in [6.07, 6.45) is 6.09. The summed E-state index contributed by atoms with van der Waals surface area (Å²) in [7, 11) is 0. The summed E-state index contributed by atoms with van der Waals surface area (Å²) >= 11 is 6.19. The Labute approximate surface area is 183 Å². The average molecular weight is 441 g/mol. The molecule has 3 aromatic rings. The summed E-state index contributed by atoms with van der Waals surface area (Å²) in [5.74, 6) is 0.708. The number of ether oxygens (including phenoxy) is 3. The van der Waals surface area contributed by atoms with Gasteiger partial charge in [0.1, 0.15) is 19.0 Å². The summed E-state index contributed by atoms with van der Waals surface area (Å²) in [5.41, 5.74) is 1.30. The molecule has 6 nitrogen and oxygen atoms in total. The van der Waals surface area contributed by atoms with Crippen molar-refractivity contribution in [3.8, 4) is 23.0 Å². The molecule has 0 atom stereocenters. The average Bonchev–Trinajstić information content (AvgIpc) is 2.79. The van der Waals surface area contributed by atoms with Crippen molar-refractivity contribution in [3.63, 3.8) is 0 Å². The molecule has 1 N–H and O–H groups in total. The molecule has 0 aliphatic carbocycles. The van der Waals surface area contributed by atoms with Gasteiger partial charge in [-0.05, 0) is 53.6 Å². The van der Waals surface area contributed by atoms with E-state index in [4.69, 9.17) is 25.8 Å². The van der Waals surface area contributed by atoms with Crippen LogP contribution in [0.15, 0.2) is 60.9 Å². The molecule has 8 heteroatoms. The Morgan fingerprint density at radius 3 is 2.90 bits per heavy atom. The van der Waals surface area contributed by atoms with Gasteiger partial charge in [-0.2, -0.15) is 0 Å². The van der Waals surface area contributed by atoms with Gasteiger partial charge in [-0.15, -0.1) is 0 Å².